The van der Waals surface area contributed by atoms with Crippen LogP contribution in [-0.2, 0) is 19.1 Å². The number of hydrogen-bond donors (Lipinski definition) is 0. The molecule has 0 radical (unpaired) electrons. The summed E-state index contributed by atoms with van der Waals surface area (Å²) in [6.45, 7) is 8.55. The topological polar surface area (TPSA) is 84.2 Å². The molecule has 0 aromatic heterocycles. The Balaban J connectivity index is 1.71. The maximum Gasteiger partial charge on any atom is 0.305 e. The van der Waals surface area contributed by atoms with Crippen LogP contribution in [0.1, 0.15) is 79.1 Å². The van der Waals surface area contributed by atoms with E-state index in [-0.39, 0.29) is 34.6 Å². The number of carbonyl (C=O) groups is 3. The molecule has 4 saturated carbocycles. The summed E-state index contributed by atoms with van der Waals surface area (Å²) in [5, 5.41) is 10.4. The van der Waals surface area contributed by atoms with Gasteiger partial charge in [0, 0.05) is 18.3 Å². The molecule has 0 N–H and O–H groups in total. The molecular formula is C25H35NO4. The van der Waals surface area contributed by atoms with Crippen molar-refractivity contribution in [3.8, 4) is 6.07 Å². The predicted octanol–water partition coefficient (Wildman–Crippen LogP) is 4.48. The van der Waals surface area contributed by atoms with Crippen LogP contribution in [0.2, 0.25) is 0 Å². The van der Waals surface area contributed by atoms with Gasteiger partial charge in [0.1, 0.15) is 18.2 Å². The molecule has 0 aliphatic heterocycles. The van der Waals surface area contributed by atoms with Gasteiger partial charge in [0.25, 0.3) is 0 Å². The molecule has 0 spiro atoms. The van der Waals surface area contributed by atoms with E-state index >= 15 is 0 Å². The Morgan fingerprint density at radius 3 is 2.60 bits per heavy atom. The number of rotatable bonds is 3. The van der Waals surface area contributed by atoms with Gasteiger partial charge in [-0.05, 0) is 67.6 Å². The fourth-order valence-electron chi connectivity index (χ4n) is 8.47. The van der Waals surface area contributed by atoms with Gasteiger partial charge in [-0.15, -0.1) is 0 Å². The lowest BCUT2D eigenvalue weighted by atomic mass is 9.37. The lowest BCUT2D eigenvalue weighted by Gasteiger charge is -2.65. The molecule has 0 bridgehead atoms. The van der Waals surface area contributed by atoms with E-state index in [2.05, 4.69) is 26.8 Å². The maximum absolute atomic E-state index is 12.6. The van der Waals surface area contributed by atoms with Crippen LogP contribution in [0.15, 0.2) is 0 Å². The van der Waals surface area contributed by atoms with Gasteiger partial charge in [-0.3, -0.25) is 9.59 Å². The zero-order valence-corrected chi connectivity index (χ0v) is 18.8. The number of nitrogens with zero attached hydrogens (tertiary/aromatic N) is 1. The molecule has 30 heavy (non-hydrogen) atoms. The number of fused-ring (bicyclic) bond motifs is 5. The molecule has 5 unspecified atom stereocenters. The van der Waals surface area contributed by atoms with Gasteiger partial charge in [-0.1, -0.05) is 27.7 Å². The number of hydrogen-bond acceptors (Lipinski definition) is 5. The first-order valence-corrected chi connectivity index (χ1v) is 11.8. The van der Waals surface area contributed by atoms with Crippen LogP contribution in [0.3, 0.4) is 0 Å². The molecule has 0 amide bonds. The first-order chi connectivity index (χ1) is 14.2. The Kier molecular flexibility index (Phi) is 5.15. The fraction of sp³-hybridized carbons (Fsp3) is 0.840. The van der Waals surface area contributed by atoms with Crippen molar-refractivity contribution >= 4 is 18.0 Å². The van der Waals surface area contributed by atoms with Crippen molar-refractivity contribution in [3.05, 3.63) is 0 Å². The summed E-state index contributed by atoms with van der Waals surface area (Å²) in [5.74, 6) is 0.539. The summed E-state index contributed by atoms with van der Waals surface area (Å²) >= 11 is 0. The Morgan fingerprint density at radius 1 is 1.23 bits per heavy atom. The summed E-state index contributed by atoms with van der Waals surface area (Å²) in [5.41, 5.74) is -1.22. The predicted molar refractivity (Wildman–Crippen MR) is 111 cm³/mol. The molecule has 9 atom stereocenters. The van der Waals surface area contributed by atoms with Gasteiger partial charge in [-0.25, -0.2) is 0 Å². The maximum atomic E-state index is 12.6. The second kappa shape index (κ2) is 7.18. The molecule has 5 heteroatoms. The van der Waals surface area contributed by atoms with E-state index in [9.17, 15) is 19.6 Å². The summed E-state index contributed by atoms with van der Waals surface area (Å²) in [6.07, 6.45) is 6.79. The molecule has 4 aliphatic carbocycles. The highest BCUT2D eigenvalue weighted by atomic mass is 16.5. The van der Waals surface area contributed by atoms with Crippen molar-refractivity contribution in [1.29, 1.82) is 5.26 Å². The number of Topliss-reactive ketones (excluding diaryl/α,β-unsaturated/α-hetero) is 1. The van der Waals surface area contributed by atoms with Gasteiger partial charge in [0.15, 0.2) is 0 Å². The minimum atomic E-state index is -0.884. The highest BCUT2D eigenvalue weighted by Crippen LogP contribution is 2.71. The van der Waals surface area contributed by atoms with E-state index in [4.69, 9.17) is 4.74 Å². The first-order valence-electron chi connectivity index (χ1n) is 11.8. The van der Waals surface area contributed by atoms with Crippen LogP contribution < -0.4 is 0 Å². The van der Waals surface area contributed by atoms with E-state index < -0.39 is 11.3 Å². The third-order valence-electron chi connectivity index (χ3n) is 10.1. The van der Waals surface area contributed by atoms with Crippen LogP contribution in [-0.4, -0.2) is 24.1 Å². The quantitative estimate of drug-likeness (QED) is 0.387. The zero-order valence-electron chi connectivity index (χ0n) is 18.8. The highest BCUT2D eigenvalue weighted by Gasteiger charge is 2.69. The number of ketones is 1. The summed E-state index contributed by atoms with van der Waals surface area (Å²) in [7, 11) is 0. The molecule has 164 valence electrons. The van der Waals surface area contributed by atoms with Crippen molar-refractivity contribution < 1.29 is 19.1 Å². The minimum absolute atomic E-state index is 0.0161. The molecule has 4 rings (SSSR count). The van der Waals surface area contributed by atoms with Crippen molar-refractivity contribution in [2.45, 2.75) is 85.2 Å². The number of carbonyl (C=O) groups excluding carboxylic acids is 3. The van der Waals surface area contributed by atoms with E-state index in [0.717, 1.165) is 32.0 Å². The smallest absolute Gasteiger partial charge is 0.305 e. The number of nitriles is 1. The van der Waals surface area contributed by atoms with Crippen LogP contribution in [0.5, 0.6) is 0 Å². The zero-order chi connectivity index (χ0) is 21.9. The Labute approximate surface area is 179 Å². The second-order valence-corrected chi connectivity index (χ2v) is 11.0. The molecule has 5 nitrogen and oxygen atoms in total. The number of aldehydes is 1. The SMILES string of the molecule is CCC(=O)O[C@H]1CCC2C3C(CCC21C)C1(C)CCC(=O)[C@@H](C=O)[C@@]1(C#N)C[C@H]3C. The van der Waals surface area contributed by atoms with E-state index in [1.807, 2.05) is 6.92 Å². The third kappa shape index (κ3) is 2.61. The van der Waals surface area contributed by atoms with Crippen molar-refractivity contribution in [3.63, 3.8) is 0 Å². The van der Waals surface area contributed by atoms with Crippen LogP contribution in [0.4, 0.5) is 0 Å². The number of esters is 1. The third-order valence-corrected chi connectivity index (χ3v) is 10.1. The monoisotopic (exact) mass is 413 g/mol. The van der Waals surface area contributed by atoms with E-state index in [1.165, 1.54) is 0 Å². The van der Waals surface area contributed by atoms with Crippen LogP contribution in [0, 0.1) is 57.2 Å². The molecular weight excluding hydrogens is 378 g/mol. The van der Waals surface area contributed by atoms with Crippen LogP contribution >= 0.6 is 0 Å². The average molecular weight is 414 g/mol. The molecule has 4 fully saturated rings. The fourth-order valence-corrected chi connectivity index (χ4v) is 8.47. The normalized spacial score (nSPS) is 49.9. The van der Waals surface area contributed by atoms with Crippen molar-refractivity contribution in [1.82, 2.24) is 0 Å². The largest absolute Gasteiger partial charge is 0.462 e. The van der Waals surface area contributed by atoms with Gasteiger partial charge < -0.3 is 9.53 Å². The molecule has 0 aromatic carbocycles. The Hall–Kier alpha value is -1.70. The average Bonchev–Trinajstić information content (AvgIpc) is 3.05. The van der Waals surface area contributed by atoms with E-state index in [1.54, 1.807) is 0 Å². The Morgan fingerprint density at radius 2 is 1.97 bits per heavy atom. The first kappa shape index (κ1) is 21.5. The summed E-state index contributed by atoms with van der Waals surface area (Å²) in [4.78, 5) is 36.6. The van der Waals surface area contributed by atoms with Crippen molar-refractivity contribution in [2.24, 2.45) is 45.8 Å². The van der Waals surface area contributed by atoms with Gasteiger partial charge in [0.05, 0.1) is 17.4 Å². The summed E-state index contributed by atoms with van der Waals surface area (Å²) in [6, 6.07) is 2.55. The van der Waals surface area contributed by atoms with E-state index in [0.29, 0.717) is 43.4 Å². The van der Waals surface area contributed by atoms with Crippen LogP contribution in [0.25, 0.3) is 0 Å². The Bertz CT molecular complexity index is 801. The molecule has 0 heterocycles. The lowest BCUT2D eigenvalue weighted by molar-refractivity contribution is -0.188. The minimum Gasteiger partial charge on any atom is -0.462 e. The highest BCUT2D eigenvalue weighted by molar-refractivity contribution is 5.95. The van der Waals surface area contributed by atoms with Gasteiger partial charge >= 0.3 is 5.97 Å². The summed E-state index contributed by atoms with van der Waals surface area (Å²) < 4.78 is 5.89. The molecule has 0 saturated heterocycles. The molecule has 4 aliphatic rings. The van der Waals surface area contributed by atoms with Gasteiger partial charge in [-0.2, -0.15) is 5.26 Å². The second-order valence-electron chi connectivity index (χ2n) is 11.0. The van der Waals surface area contributed by atoms with Gasteiger partial charge in [0.2, 0.25) is 0 Å². The lowest BCUT2D eigenvalue weighted by Crippen LogP contribution is -2.64. The molecule has 0 aromatic rings. The van der Waals surface area contributed by atoms with Crippen molar-refractivity contribution in [2.75, 3.05) is 0 Å². The standard InChI is InChI=1S/C25H35NO4/c1-5-21(29)30-20-7-6-16-22-15(2)12-25(14-26)18(13-27)19(28)9-11-24(25,4)17(22)8-10-23(16,20)3/h13,15-18,20,22H,5-12H2,1-4H3/t15-,16?,17?,18-,20+,22?,23?,24?,25+/m1/s1. The number of ether oxygens (including phenoxy) is 1.